The Labute approximate surface area is 160 Å². The number of anilines is 1. The molecule has 1 aromatic carbocycles. The van der Waals surface area contributed by atoms with E-state index in [0.717, 1.165) is 50.8 Å². The molecular formula is C20H29N5S. The third-order valence-corrected chi connectivity index (χ3v) is 6.08. The molecule has 0 atom stereocenters. The molecule has 0 aliphatic carbocycles. The van der Waals surface area contributed by atoms with Gasteiger partial charge in [-0.2, -0.15) is 0 Å². The van der Waals surface area contributed by atoms with Gasteiger partial charge >= 0.3 is 0 Å². The smallest absolute Gasteiger partial charge is 0.194 e. The van der Waals surface area contributed by atoms with Crippen LogP contribution in [-0.4, -0.2) is 49.1 Å². The average Bonchev–Trinajstić information content (AvgIpc) is 3.13. The van der Waals surface area contributed by atoms with Crippen molar-refractivity contribution in [3.8, 4) is 0 Å². The van der Waals surface area contributed by atoms with Crippen LogP contribution in [0.3, 0.4) is 0 Å². The zero-order chi connectivity index (χ0) is 18.5. The molecule has 2 aromatic rings. The van der Waals surface area contributed by atoms with Crippen LogP contribution in [0.25, 0.3) is 0 Å². The highest BCUT2D eigenvalue weighted by molar-refractivity contribution is 7.09. The van der Waals surface area contributed by atoms with Crippen molar-refractivity contribution in [2.45, 2.75) is 33.7 Å². The number of nitrogens with one attached hydrogen (secondary N) is 1. The van der Waals surface area contributed by atoms with Crippen molar-refractivity contribution in [1.82, 2.24) is 15.2 Å². The van der Waals surface area contributed by atoms with Crippen molar-refractivity contribution in [2.75, 3.05) is 38.1 Å². The van der Waals surface area contributed by atoms with Gasteiger partial charge in [0.2, 0.25) is 0 Å². The molecule has 0 unspecified atom stereocenters. The van der Waals surface area contributed by atoms with Gasteiger partial charge in [-0.3, -0.25) is 4.99 Å². The van der Waals surface area contributed by atoms with Crippen LogP contribution in [0, 0.1) is 13.8 Å². The van der Waals surface area contributed by atoms with Crippen LogP contribution in [0.4, 0.5) is 5.69 Å². The van der Waals surface area contributed by atoms with E-state index in [9.17, 15) is 0 Å². The number of hydrogen-bond donors (Lipinski definition) is 1. The second kappa shape index (κ2) is 8.54. The number of guanidine groups is 1. The Morgan fingerprint density at radius 1 is 1.23 bits per heavy atom. The molecule has 5 nitrogen and oxygen atoms in total. The maximum Gasteiger partial charge on any atom is 0.194 e. The molecule has 0 saturated carbocycles. The molecule has 1 aromatic heterocycles. The average molecular weight is 372 g/mol. The topological polar surface area (TPSA) is 43.8 Å². The summed E-state index contributed by atoms with van der Waals surface area (Å²) in [4.78, 5) is 13.9. The fraction of sp³-hybridized carbons (Fsp3) is 0.500. The molecule has 0 radical (unpaired) electrons. The minimum absolute atomic E-state index is 0.736. The van der Waals surface area contributed by atoms with E-state index in [1.165, 1.54) is 21.8 Å². The summed E-state index contributed by atoms with van der Waals surface area (Å²) in [5.41, 5.74) is 5.21. The normalized spacial score (nSPS) is 15.5. The van der Waals surface area contributed by atoms with Crippen LogP contribution in [-0.2, 0) is 13.0 Å². The molecule has 1 N–H and O–H groups in total. The summed E-state index contributed by atoms with van der Waals surface area (Å²) in [6.45, 7) is 11.3. The lowest BCUT2D eigenvalue weighted by molar-refractivity contribution is 0.372. The lowest BCUT2D eigenvalue weighted by atomic mass is 10.1. The summed E-state index contributed by atoms with van der Waals surface area (Å²) in [6.07, 6.45) is 1.000. The number of hydrogen-bond acceptors (Lipinski definition) is 4. The second-order valence-corrected chi connectivity index (χ2v) is 7.62. The summed E-state index contributed by atoms with van der Waals surface area (Å²) < 4.78 is 0. The molecule has 26 heavy (non-hydrogen) atoms. The van der Waals surface area contributed by atoms with Crippen LogP contribution >= 0.6 is 11.3 Å². The first-order valence-electron chi connectivity index (χ1n) is 9.32. The number of thiazole rings is 1. The van der Waals surface area contributed by atoms with Crippen molar-refractivity contribution in [2.24, 2.45) is 4.99 Å². The monoisotopic (exact) mass is 371 g/mol. The zero-order valence-corrected chi connectivity index (χ0v) is 17.1. The summed E-state index contributed by atoms with van der Waals surface area (Å²) in [5.74, 6) is 0.969. The largest absolute Gasteiger partial charge is 0.368 e. The van der Waals surface area contributed by atoms with Crippen molar-refractivity contribution in [1.29, 1.82) is 0 Å². The molecule has 2 heterocycles. The molecule has 0 spiro atoms. The van der Waals surface area contributed by atoms with E-state index >= 15 is 0 Å². The van der Waals surface area contributed by atoms with E-state index in [0.29, 0.717) is 0 Å². The number of aromatic nitrogens is 1. The van der Waals surface area contributed by atoms with Crippen LogP contribution in [0.1, 0.15) is 28.8 Å². The quantitative estimate of drug-likeness (QED) is 0.662. The van der Waals surface area contributed by atoms with Gasteiger partial charge < -0.3 is 15.1 Å². The van der Waals surface area contributed by atoms with Gasteiger partial charge in [0.1, 0.15) is 0 Å². The van der Waals surface area contributed by atoms with Crippen molar-refractivity contribution < 1.29 is 0 Å². The van der Waals surface area contributed by atoms with Gasteiger partial charge in [-0.05, 0) is 37.5 Å². The van der Waals surface area contributed by atoms with Crippen molar-refractivity contribution in [3.63, 3.8) is 0 Å². The molecule has 1 aliphatic rings. The summed E-state index contributed by atoms with van der Waals surface area (Å²) in [7, 11) is 1.86. The van der Waals surface area contributed by atoms with Crippen LogP contribution in [0.15, 0.2) is 28.6 Å². The number of nitrogens with zero attached hydrogens (tertiary/aromatic N) is 4. The van der Waals surface area contributed by atoms with E-state index in [2.05, 4.69) is 69.4 Å². The van der Waals surface area contributed by atoms with Gasteiger partial charge in [0, 0.05) is 44.3 Å². The molecule has 1 saturated heterocycles. The predicted octanol–water partition coefficient (Wildman–Crippen LogP) is 3.22. The molecule has 0 amide bonds. The fourth-order valence-electron chi connectivity index (χ4n) is 3.33. The molecular weight excluding hydrogens is 342 g/mol. The fourth-order valence-corrected chi connectivity index (χ4v) is 4.08. The summed E-state index contributed by atoms with van der Waals surface area (Å²) in [6, 6.07) is 6.57. The Kier molecular flexibility index (Phi) is 6.14. The number of rotatable bonds is 4. The molecule has 3 rings (SSSR count). The van der Waals surface area contributed by atoms with Crippen LogP contribution in [0.5, 0.6) is 0 Å². The van der Waals surface area contributed by atoms with Gasteiger partial charge in [0.15, 0.2) is 5.96 Å². The Morgan fingerprint density at radius 3 is 2.65 bits per heavy atom. The highest BCUT2D eigenvalue weighted by Crippen LogP contribution is 2.23. The first-order chi connectivity index (χ1) is 12.6. The van der Waals surface area contributed by atoms with E-state index in [1.807, 2.05) is 7.05 Å². The molecule has 1 fully saturated rings. The molecule has 1 aliphatic heterocycles. The summed E-state index contributed by atoms with van der Waals surface area (Å²) in [5, 5.41) is 6.80. The van der Waals surface area contributed by atoms with Crippen LogP contribution < -0.4 is 10.2 Å². The Hall–Kier alpha value is -2.08. The standard InChI is InChI=1S/C20H29N5S/c1-5-19-23-17(14-26-19)13-22-20(21-4)25-11-9-24(10-12-25)18-8-6-7-15(2)16(18)3/h6-8,14H,5,9-13H2,1-4H3,(H,21,22). The SMILES string of the molecule is CCc1nc(CNC(=NC)N2CCN(c3cccc(C)c3C)CC2)cs1. The molecule has 140 valence electrons. The number of aryl methyl sites for hydroxylation is 2. The van der Waals surface area contributed by atoms with Gasteiger partial charge in [-0.15, -0.1) is 11.3 Å². The molecule has 6 heteroatoms. The third kappa shape index (κ3) is 4.18. The van der Waals surface area contributed by atoms with Crippen molar-refractivity contribution in [3.05, 3.63) is 45.4 Å². The lowest BCUT2D eigenvalue weighted by Crippen LogP contribution is -2.52. The number of aliphatic imine (C=N–C) groups is 1. The Balaban J connectivity index is 1.56. The zero-order valence-electron chi connectivity index (χ0n) is 16.2. The van der Waals surface area contributed by atoms with Crippen LogP contribution in [0.2, 0.25) is 0 Å². The van der Waals surface area contributed by atoms with Crippen molar-refractivity contribution >= 4 is 23.0 Å². The maximum atomic E-state index is 4.62. The van der Waals surface area contributed by atoms with Gasteiger partial charge in [-0.1, -0.05) is 19.1 Å². The van der Waals surface area contributed by atoms with Gasteiger partial charge in [-0.25, -0.2) is 4.98 Å². The highest BCUT2D eigenvalue weighted by Gasteiger charge is 2.21. The predicted molar refractivity (Wildman–Crippen MR) is 111 cm³/mol. The Bertz CT molecular complexity index is 759. The highest BCUT2D eigenvalue weighted by atomic mass is 32.1. The van der Waals surface area contributed by atoms with E-state index in [4.69, 9.17) is 0 Å². The number of benzene rings is 1. The van der Waals surface area contributed by atoms with E-state index in [1.54, 1.807) is 11.3 Å². The minimum Gasteiger partial charge on any atom is -0.368 e. The van der Waals surface area contributed by atoms with E-state index in [-0.39, 0.29) is 0 Å². The van der Waals surface area contributed by atoms with Gasteiger partial charge in [0.25, 0.3) is 0 Å². The maximum absolute atomic E-state index is 4.62. The first kappa shape index (κ1) is 18.7. The lowest BCUT2D eigenvalue weighted by Gasteiger charge is -2.38. The molecule has 0 bridgehead atoms. The van der Waals surface area contributed by atoms with E-state index < -0.39 is 0 Å². The third-order valence-electron chi connectivity index (χ3n) is 5.04. The Morgan fingerprint density at radius 2 is 2.00 bits per heavy atom. The number of piperazine rings is 1. The van der Waals surface area contributed by atoms with Gasteiger partial charge in [0.05, 0.1) is 17.2 Å². The minimum atomic E-state index is 0.736. The summed E-state index contributed by atoms with van der Waals surface area (Å²) >= 11 is 1.73. The second-order valence-electron chi connectivity index (χ2n) is 6.68. The first-order valence-corrected chi connectivity index (χ1v) is 10.2.